The maximum absolute atomic E-state index is 13.3. The third-order valence-corrected chi connectivity index (χ3v) is 6.60. The standard InChI is InChI=1S/C27H20F9NO/c28-25(29,30)19-8-4-7-17(11-19)22-9-10-37(15-23(22)16-5-2-1-3-6-16)24(38)18-12-20(26(31,32)33)14-21(13-18)27(34,35)36/h1-8,11-14,22-23H,9-10,15H2. The molecule has 0 aliphatic carbocycles. The molecule has 11 heteroatoms. The maximum Gasteiger partial charge on any atom is 0.416 e. The monoisotopic (exact) mass is 545 g/mol. The third kappa shape index (κ3) is 5.97. The van der Waals surface area contributed by atoms with Gasteiger partial charge in [0.05, 0.1) is 16.7 Å². The van der Waals surface area contributed by atoms with Crippen LogP contribution in [-0.2, 0) is 18.5 Å². The lowest BCUT2D eigenvalue weighted by molar-refractivity contribution is -0.143. The van der Waals surface area contributed by atoms with E-state index >= 15 is 0 Å². The molecule has 0 bridgehead atoms. The molecule has 1 heterocycles. The first-order valence-corrected chi connectivity index (χ1v) is 11.5. The quantitative estimate of drug-likeness (QED) is 0.304. The van der Waals surface area contributed by atoms with E-state index in [-0.39, 0.29) is 25.6 Å². The highest BCUT2D eigenvalue weighted by molar-refractivity contribution is 5.95. The Morgan fingerprint density at radius 3 is 1.74 bits per heavy atom. The number of likely N-dealkylation sites (tertiary alicyclic amines) is 1. The van der Waals surface area contributed by atoms with Crippen molar-refractivity contribution >= 4 is 5.91 Å². The van der Waals surface area contributed by atoms with Crippen LogP contribution in [0.1, 0.15) is 56.4 Å². The van der Waals surface area contributed by atoms with Crippen molar-refractivity contribution in [2.75, 3.05) is 13.1 Å². The molecule has 1 amide bonds. The van der Waals surface area contributed by atoms with Crippen molar-refractivity contribution in [3.05, 3.63) is 106 Å². The highest BCUT2D eigenvalue weighted by Gasteiger charge is 2.40. The Morgan fingerprint density at radius 1 is 0.632 bits per heavy atom. The van der Waals surface area contributed by atoms with Crippen LogP contribution < -0.4 is 0 Å². The molecule has 3 aromatic rings. The summed E-state index contributed by atoms with van der Waals surface area (Å²) < 4.78 is 120. The van der Waals surface area contributed by atoms with E-state index in [2.05, 4.69) is 0 Å². The largest absolute Gasteiger partial charge is 0.416 e. The van der Waals surface area contributed by atoms with Crippen molar-refractivity contribution in [3.8, 4) is 0 Å². The number of hydrogen-bond donors (Lipinski definition) is 0. The Morgan fingerprint density at radius 2 is 1.18 bits per heavy atom. The van der Waals surface area contributed by atoms with Crippen LogP contribution in [0.15, 0.2) is 72.8 Å². The molecule has 0 spiro atoms. The number of benzene rings is 3. The molecule has 2 unspecified atom stereocenters. The van der Waals surface area contributed by atoms with E-state index in [1.807, 2.05) is 0 Å². The second kappa shape index (κ2) is 9.99. The van der Waals surface area contributed by atoms with Gasteiger partial charge in [0.1, 0.15) is 0 Å². The second-order valence-corrected chi connectivity index (χ2v) is 9.08. The Labute approximate surface area is 211 Å². The topological polar surface area (TPSA) is 20.3 Å². The molecule has 1 aliphatic heterocycles. The summed E-state index contributed by atoms with van der Waals surface area (Å²) in [5, 5.41) is 0. The van der Waals surface area contributed by atoms with Crippen molar-refractivity contribution in [2.45, 2.75) is 36.8 Å². The van der Waals surface area contributed by atoms with Crippen LogP contribution in [0.2, 0.25) is 0 Å². The zero-order chi connectivity index (χ0) is 27.9. The predicted octanol–water partition coefficient (Wildman–Crippen LogP) is 8.16. The van der Waals surface area contributed by atoms with Crippen LogP contribution in [0.25, 0.3) is 0 Å². The van der Waals surface area contributed by atoms with Gasteiger partial charge in [-0.1, -0.05) is 48.5 Å². The molecule has 0 N–H and O–H groups in total. The van der Waals surface area contributed by atoms with Gasteiger partial charge in [0, 0.05) is 24.6 Å². The van der Waals surface area contributed by atoms with Gasteiger partial charge in [-0.25, -0.2) is 0 Å². The Bertz CT molecular complexity index is 1260. The first kappa shape index (κ1) is 27.5. The first-order valence-electron chi connectivity index (χ1n) is 11.5. The van der Waals surface area contributed by atoms with Crippen molar-refractivity contribution in [1.29, 1.82) is 0 Å². The van der Waals surface area contributed by atoms with Crippen LogP contribution in [0, 0.1) is 0 Å². The smallest absolute Gasteiger partial charge is 0.338 e. The van der Waals surface area contributed by atoms with Crippen molar-refractivity contribution in [3.63, 3.8) is 0 Å². The van der Waals surface area contributed by atoms with E-state index in [1.165, 1.54) is 12.1 Å². The van der Waals surface area contributed by atoms with Gasteiger partial charge in [-0.2, -0.15) is 39.5 Å². The van der Waals surface area contributed by atoms with Gasteiger partial charge in [0.2, 0.25) is 0 Å². The van der Waals surface area contributed by atoms with E-state index in [1.54, 1.807) is 30.3 Å². The normalized spacial score (nSPS) is 18.9. The van der Waals surface area contributed by atoms with Crippen LogP contribution >= 0.6 is 0 Å². The Hall–Kier alpha value is -3.50. The number of alkyl halides is 9. The molecule has 2 nitrogen and oxygen atoms in total. The lowest BCUT2D eigenvalue weighted by atomic mass is 9.76. The molecule has 0 radical (unpaired) electrons. The van der Waals surface area contributed by atoms with E-state index in [9.17, 15) is 44.3 Å². The highest BCUT2D eigenvalue weighted by atomic mass is 19.4. The molecular formula is C27H20F9NO. The van der Waals surface area contributed by atoms with Crippen LogP contribution in [0.5, 0.6) is 0 Å². The van der Waals surface area contributed by atoms with E-state index in [0.717, 1.165) is 17.0 Å². The number of carbonyl (C=O) groups is 1. The Kier molecular flexibility index (Phi) is 7.24. The molecule has 3 aromatic carbocycles. The van der Waals surface area contributed by atoms with Crippen molar-refractivity contribution in [2.24, 2.45) is 0 Å². The number of piperidine rings is 1. The highest BCUT2D eigenvalue weighted by Crippen LogP contribution is 2.42. The van der Waals surface area contributed by atoms with E-state index < -0.39 is 58.5 Å². The van der Waals surface area contributed by atoms with Gasteiger partial charge < -0.3 is 4.90 Å². The minimum absolute atomic E-state index is 0.0522. The zero-order valence-corrected chi connectivity index (χ0v) is 19.5. The van der Waals surface area contributed by atoms with Gasteiger partial charge in [-0.15, -0.1) is 0 Å². The number of hydrogen-bond acceptors (Lipinski definition) is 1. The fourth-order valence-electron chi connectivity index (χ4n) is 4.78. The summed E-state index contributed by atoms with van der Waals surface area (Å²) in [6, 6.07) is 14.0. The molecule has 1 aliphatic rings. The minimum Gasteiger partial charge on any atom is -0.338 e. The molecular weight excluding hydrogens is 525 g/mol. The summed E-state index contributed by atoms with van der Waals surface area (Å²) in [4.78, 5) is 14.4. The average molecular weight is 545 g/mol. The number of nitrogens with zero attached hydrogens (tertiary/aromatic N) is 1. The lowest BCUT2D eigenvalue weighted by Gasteiger charge is -2.39. The zero-order valence-electron chi connectivity index (χ0n) is 19.5. The van der Waals surface area contributed by atoms with Crippen molar-refractivity contribution in [1.82, 2.24) is 4.90 Å². The van der Waals surface area contributed by atoms with Crippen LogP contribution in [0.3, 0.4) is 0 Å². The van der Waals surface area contributed by atoms with Gasteiger partial charge in [0.25, 0.3) is 5.91 Å². The second-order valence-electron chi connectivity index (χ2n) is 9.08. The van der Waals surface area contributed by atoms with Gasteiger partial charge >= 0.3 is 18.5 Å². The fourth-order valence-corrected chi connectivity index (χ4v) is 4.78. The number of halogens is 9. The van der Waals surface area contributed by atoms with Crippen LogP contribution in [-0.4, -0.2) is 23.9 Å². The Balaban J connectivity index is 1.70. The summed E-state index contributed by atoms with van der Waals surface area (Å²) in [6.45, 7) is -0.179. The molecule has 202 valence electrons. The average Bonchev–Trinajstić information content (AvgIpc) is 2.86. The molecule has 2 atom stereocenters. The molecule has 4 rings (SSSR count). The predicted molar refractivity (Wildman–Crippen MR) is 120 cm³/mol. The molecule has 0 saturated carbocycles. The third-order valence-electron chi connectivity index (χ3n) is 6.60. The molecule has 0 aromatic heterocycles. The molecule has 1 saturated heterocycles. The number of carbonyl (C=O) groups excluding carboxylic acids is 1. The van der Waals surface area contributed by atoms with Gasteiger partial charge in [-0.05, 0) is 47.7 Å². The van der Waals surface area contributed by atoms with Gasteiger partial charge in [0.15, 0.2) is 0 Å². The summed E-state index contributed by atoms with van der Waals surface area (Å²) in [6.07, 6.45) is -14.6. The maximum atomic E-state index is 13.3. The fraction of sp³-hybridized carbons (Fsp3) is 0.296. The molecule has 38 heavy (non-hydrogen) atoms. The van der Waals surface area contributed by atoms with E-state index in [4.69, 9.17) is 0 Å². The van der Waals surface area contributed by atoms with Crippen LogP contribution in [0.4, 0.5) is 39.5 Å². The first-order chi connectivity index (χ1) is 17.6. The lowest BCUT2D eigenvalue weighted by Crippen LogP contribution is -2.42. The number of amides is 1. The van der Waals surface area contributed by atoms with Gasteiger partial charge in [-0.3, -0.25) is 4.79 Å². The minimum atomic E-state index is -5.11. The van der Waals surface area contributed by atoms with Crippen molar-refractivity contribution < 1.29 is 44.3 Å². The summed E-state index contributed by atoms with van der Waals surface area (Å²) >= 11 is 0. The summed E-state index contributed by atoms with van der Waals surface area (Å²) in [5.74, 6) is -2.05. The SMILES string of the molecule is O=C(c1cc(C(F)(F)F)cc(C(F)(F)F)c1)N1CCC(c2cccc(C(F)(F)F)c2)C(c2ccccc2)C1. The summed E-state index contributed by atoms with van der Waals surface area (Å²) in [7, 11) is 0. The molecule has 1 fully saturated rings. The van der Waals surface area contributed by atoms with E-state index in [0.29, 0.717) is 23.3 Å². The summed E-state index contributed by atoms with van der Waals surface area (Å²) in [5.41, 5.74) is -3.77. The number of rotatable bonds is 3.